The van der Waals surface area contributed by atoms with Crippen molar-refractivity contribution in [1.82, 2.24) is 5.01 Å². The number of nitrogens with zero attached hydrogens (tertiary/aromatic N) is 3. The maximum Gasteiger partial charge on any atom is 0.283 e. The van der Waals surface area contributed by atoms with Crippen LogP contribution in [0.5, 0.6) is 23.0 Å². The average Bonchev–Trinajstić information content (AvgIpc) is 3.37. The minimum atomic E-state index is -0.480. The first kappa shape index (κ1) is 27.0. The molecule has 3 aromatic rings. The van der Waals surface area contributed by atoms with E-state index in [2.05, 4.69) is 10.1 Å². The van der Waals surface area contributed by atoms with Crippen molar-refractivity contribution in [2.24, 2.45) is 10.1 Å². The third-order valence-corrected chi connectivity index (χ3v) is 6.85. The number of hydrogen-bond donors (Lipinski definition) is 1. The first-order valence-electron chi connectivity index (χ1n) is 12.7. The maximum atomic E-state index is 12.9. The molecule has 1 amide bonds. The van der Waals surface area contributed by atoms with Crippen molar-refractivity contribution >= 4 is 39.8 Å². The van der Waals surface area contributed by atoms with Gasteiger partial charge in [-0.25, -0.2) is 0 Å². The van der Waals surface area contributed by atoms with Crippen molar-refractivity contribution in [1.29, 1.82) is 5.41 Å². The zero-order chi connectivity index (χ0) is 27.9. The van der Waals surface area contributed by atoms with Crippen LogP contribution in [0.1, 0.15) is 18.1 Å². The van der Waals surface area contributed by atoms with Gasteiger partial charge in [0, 0.05) is 6.42 Å². The van der Waals surface area contributed by atoms with Gasteiger partial charge in [-0.1, -0.05) is 48.5 Å². The minimum absolute atomic E-state index is 0.0164. The normalized spacial score (nSPS) is 15.4. The van der Waals surface area contributed by atoms with Gasteiger partial charge in [-0.3, -0.25) is 10.2 Å². The van der Waals surface area contributed by atoms with Gasteiger partial charge in [-0.2, -0.15) is 15.1 Å². The van der Waals surface area contributed by atoms with Gasteiger partial charge in [0.15, 0.2) is 28.8 Å². The molecule has 0 aromatic heterocycles. The topological polar surface area (TPSA) is 106 Å². The van der Waals surface area contributed by atoms with E-state index in [9.17, 15) is 4.79 Å². The fraction of sp³-hybridized carbons (Fsp3) is 0.200. The largest absolute Gasteiger partial charge is 0.493 e. The van der Waals surface area contributed by atoms with Crippen LogP contribution in [0.2, 0.25) is 0 Å². The van der Waals surface area contributed by atoms with E-state index in [1.807, 2.05) is 61.5 Å². The van der Waals surface area contributed by atoms with Gasteiger partial charge in [0.2, 0.25) is 5.17 Å². The predicted octanol–water partition coefficient (Wildman–Crippen LogP) is 5.41. The number of ether oxygens (including phenoxy) is 4. The number of carbonyl (C=O) groups is 1. The smallest absolute Gasteiger partial charge is 0.283 e. The summed E-state index contributed by atoms with van der Waals surface area (Å²) in [4.78, 5) is 17.1. The average molecular weight is 557 g/mol. The van der Waals surface area contributed by atoms with Crippen molar-refractivity contribution in [3.05, 3.63) is 89.5 Å². The van der Waals surface area contributed by atoms with Crippen LogP contribution in [0.4, 0.5) is 0 Å². The molecule has 0 atom stereocenters. The van der Waals surface area contributed by atoms with Crippen LogP contribution >= 0.6 is 11.8 Å². The van der Waals surface area contributed by atoms with Crippen LogP contribution in [-0.2, 0) is 11.2 Å². The molecule has 0 saturated heterocycles. The fourth-order valence-electron chi connectivity index (χ4n) is 4.08. The third-order valence-electron chi connectivity index (χ3n) is 5.94. The number of thioether (sulfide) groups is 1. The van der Waals surface area contributed by atoms with E-state index in [0.29, 0.717) is 53.4 Å². The van der Waals surface area contributed by atoms with E-state index >= 15 is 0 Å². The molecule has 5 rings (SSSR count). The Kier molecular flexibility index (Phi) is 8.46. The molecule has 0 bridgehead atoms. The van der Waals surface area contributed by atoms with Crippen LogP contribution in [0, 0.1) is 5.41 Å². The zero-order valence-electron chi connectivity index (χ0n) is 22.1. The molecule has 2 heterocycles. The van der Waals surface area contributed by atoms with E-state index in [-0.39, 0.29) is 18.0 Å². The Bertz CT molecular complexity index is 1500. The lowest BCUT2D eigenvalue weighted by Crippen LogP contribution is -2.35. The summed E-state index contributed by atoms with van der Waals surface area (Å²) in [6, 6.07) is 22.7. The SMILES string of the molecule is CCOc1cc(C=C2C(=N)N3N=C(Cc4ccccc4)SC3=NC2=O)ccc1OCCOc1ccccc1OC. The first-order chi connectivity index (χ1) is 19.6. The Labute approximate surface area is 236 Å². The van der Waals surface area contributed by atoms with E-state index in [4.69, 9.17) is 24.4 Å². The number of hydrazone groups is 1. The maximum absolute atomic E-state index is 12.9. The summed E-state index contributed by atoms with van der Waals surface area (Å²) in [6.07, 6.45) is 2.22. The molecule has 204 valence electrons. The molecule has 3 aromatic carbocycles. The van der Waals surface area contributed by atoms with Crippen LogP contribution in [0.3, 0.4) is 0 Å². The molecule has 0 spiro atoms. The van der Waals surface area contributed by atoms with Gasteiger partial charge < -0.3 is 18.9 Å². The lowest BCUT2D eigenvalue weighted by Gasteiger charge is -2.20. The summed E-state index contributed by atoms with van der Waals surface area (Å²) in [5.41, 5.74) is 1.92. The van der Waals surface area contributed by atoms with Crippen molar-refractivity contribution < 1.29 is 23.7 Å². The van der Waals surface area contributed by atoms with E-state index < -0.39 is 5.91 Å². The molecule has 40 heavy (non-hydrogen) atoms. The quantitative estimate of drug-likeness (QED) is 0.249. The molecule has 9 nitrogen and oxygen atoms in total. The summed E-state index contributed by atoms with van der Waals surface area (Å²) in [5, 5.41) is 15.8. The van der Waals surface area contributed by atoms with Crippen molar-refractivity contribution in [3.63, 3.8) is 0 Å². The molecule has 2 aliphatic rings. The van der Waals surface area contributed by atoms with Crippen LogP contribution in [-0.4, -0.2) is 53.9 Å². The zero-order valence-corrected chi connectivity index (χ0v) is 22.9. The highest BCUT2D eigenvalue weighted by Crippen LogP contribution is 2.32. The Morgan fingerprint density at radius 3 is 2.33 bits per heavy atom. The summed E-state index contributed by atoms with van der Waals surface area (Å²) in [6.45, 7) is 2.91. The molecule has 0 radical (unpaired) electrons. The van der Waals surface area contributed by atoms with Crippen molar-refractivity contribution in [3.8, 4) is 23.0 Å². The highest BCUT2D eigenvalue weighted by molar-refractivity contribution is 8.26. The Morgan fingerprint density at radius 1 is 0.900 bits per heavy atom. The van der Waals surface area contributed by atoms with Gasteiger partial charge in [-0.05, 0) is 60.2 Å². The predicted molar refractivity (Wildman–Crippen MR) is 157 cm³/mol. The number of amides is 1. The Balaban J connectivity index is 1.27. The highest BCUT2D eigenvalue weighted by Gasteiger charge is 2.35. The molecule has 0 saturated carbocycles. The molecular weight excluding hydrogens is 528 g/mol. The number of para-hydroxylation sites is 2. The highest BCUT2D eigenvalue weighted by atomic mass is 32.2. The van der Waals surface area contributed by atoms with Crippen molar-refractivity contribution in [2.75, 3.05) is 26.9 Å². The van der Waals surface area contributed by atoms with Gasteiger partial charge in [-0.15, -0.1) is 0 Å². The van der Waals surface area contributed by atoms with Gasteiger partial charge >= 0.3 is 0 Å². The fourth-order valence-corrected chi connectivity index (χ4v) is 5.00. The number of aliphatic imine (C=N–C) groups is 1. The van der Waals surface area contributed by atoms with Crippen LogP contribution in [0.25, 0.3) is 6.08 Å². The Morgan fingerprint density at radius 2 is 1.60 bits per heavy atom. The number of nitrogens with one attached hydrogen (secondary N) is 1. The monoisotopic (exact) mass is 556 g/mol. The molecule has 0 aliphatic carbocycles. The van der Waals surface area contributed by atoms with E-state index in [1.54, 1.807) is 31.4 Å². The summed E-state index contributed by atoms with van der Waals surface area (Å²) >= 11 is 1.31. The lowest BCUT2D eigenvalue weighted by molar-refractivity contribution is -0.114. The molecular formula is C30H28N4O5S. The molecule has 1 N–H and O–H groups in total. The molecule has 10 heteroatoms. The number of benzene rings is 3. The number of hydrogen-bond acceptors (Lipinski definition) is 8. The second-order valence-electron chi connectivity index (χ2n) is 8.66. The molecule has 0 unspecified atom stereocenters. The minimum Gasteiger partial charge on any atom is -0.493 e. The number of rotatable bonds is 11. The summed E-state index contributed by atoms with van der Waals surface area (Å²) < 4.78 is 22.8. The number of fused-ring (bicyclic) bond motifs is 1. The van der Waals surface area contributed by atoms with E-state index in [0.717, 1.165) is 10.6 Å². The first-order valence-corrected chi connectivity index (χ1v) is 13.6. The van der Waals surface area contributed by atoms with Crippen LogP contribution in [0.15, 0.2) is 88.5 Å². The van der Waals surface area contributed by atoms with Gasteiger partial charge in [0.05, 0.1) is 19.3 Å². The summed E-state index contributed by atoms with van der Waals surface area (Å²) in [5.74, 6) is 1.86. The van der Waals surface area contributed by atoms with Gasteiger partial charge in [0.1, 0.15) is 18.3 Å². The Hall–Kier alpha value is -4.57. The number of amidine groups is 2. The van der Waals surface area contributed by atoms with Crippen LogP contribution < -0.4 is 18.9 Å². The molecule has 0 fully saturated rings. The van der Waals surface area contributed by atoms with Gasteiger partial charge in [0.25, 0.3) is 5.91 Å². The second kappa shape index (κ2) is 12.5. The number of methoxy groups -OCH3 is 1. The third kappa shape index (κ3) is 6.18. The lowest BCUT2D eigenvalue weighted by atomic mass is 10.1. The van der Waals surface area contributed by atoms with E-state index in [1.165, 1.54) is 16.8 Å². The standard InChI is InChI=1S/C30H28N4O5S/c1-3-37-26-18-21(13-14-25(26)39-16-15-38-24-12-8-7-11-23(24)36-2)17-22-28(31)34-30(32-29(22)35)40-27(33-34)19-20-9-5-4-6-10-20/h4-14,17-18,31H,3,15-16,19H2,1-2H3. The van der Waals surface area contributed by atoms with Crippen molar-refractivity contribution in [2.45, 2.75) is 13.3 Å². The second-order valence-corrected chi connectivity index (χ2v) is 9.70. The number of carbonyl (C=O) groups excluding carboxylic acids is 1. The summed E-state index contributed by atoms with van der Waals surface area (Å²) in [7, 11) is 1.60. The molecule has 2 aliphatic heterocycles.